The van der Waals surface area contributed by atoms with E-state index in [1.54, 1.807) is 58.0 Å². The highest BCUT2D eigenvalue weighted by Gasteiger charge is 2.46. The molecule has 1 aliphatic rings. The third kappa shape index (κ3) is 15.9. The molecule has 11 atom stereocenters. The van der Waals surface area contributed by atoms with Crippen molar-refractivity contribution in [1.82, 2.24) is 36.4 Å². The van der Waals surface area contributed by atoms with Crippen molar-refractivity contribution in [2.75, 3.05) is 21.2 Å². The summed E-state index contributed by atoms with van der Waals surface area (Å²) < 4.78 is 22.7. The van der Waals surface area contributed by atoms with Gasteiger partial charge < -0.3 is 60.4 Å². The molecule has 0 radical (unpaired) electrons. The Balaban J connectivity index is 2.86. The van der Waals surface area contributed by atoms with Crippen LogP contribution in [0.4, 0.5) is 0 Å². The number of aliphatic hydroxyl groups is 1. The van der Waals surface area contributed by atoms with Crippen LogP contribution in [0.5, 0.6) is 0 Å². The van der Waals surface area contributed by atoms with Crippen molar-refractivity contribution in [3.05, 3.63) is 48.2 Å². The summed E-state index contributed by atoms with van der Waals surface area (Å²) in [4.78, 5) is 138. The zero-order valence-corrected chi connectivity index (χ0v) is 40.4. The van der Waals surface area contributed by atoms with Gasteiger partial charge in [-0.25, -0.2) is 14.4 Å². The minimum absolute atomic E-state index is 0.242. The molecule has 0 aromatic heterocycles. The molecule has 1 fully saturated rings. The molecule has 0 unspecified atom stereocenters. The molecule has 67 heavy (non-hydrogen) atoms. The standard InChI is InChI=1S/C45H67N7O15/c1-21(2)36(55)33(49-29(11)54)44(62)67-37(22(3)4)34-42(60)52(13)35(27(9)64-14)45(63)65-26(8)32(48-28(10)53)43(61)66-31(20-30-18-16-15-17-19-30)40(58)46-23(5)38(56)47-24(6)41(59)51(12)25(7)39(57)50-34/h15-19,21-22,24-27,31-37,55H,5,20H2,1-4,6-14H3,(H,46,58)(H,47,56)(H,48,53)(H,49,54)(H,50,57)/t24-,25-,26+,27+,31+,32-,33-,34-,35-,36+,37+/m0/s1. The van der Waals surface area contributed by atoms with Gasteiger partial charge in [0.15, 0.2) is 24.2 Å². The van der Waals surface area contributed by atoms with Gasteiger partial charge in [0.05, 0.1) is 17.9 Å². The summed E-state index contributed by atoms with van der Waals surface area (Å²) in [5.74, 6) is -11.4. The van der Waals surface area contributed by atoms with Gasteiger partial charge in [-0.2, -0.15) is 0 Å². The second-order valence-electron chi connectivity index (χ2n) is 17.1. The summed E-state index contributed by atoms with van der Waals surface area (Å²) in [6.45, 7) is 17.3. The molecule has 1 aromatic carbocycles. The van der Waals surface area contributed by atoms with Gasteiger partial charge in [0, 0.05) is 41.5 Å². The third-order valence-corrected chi connectivity index (χ3v) is 11.0. The number of carbonyl (C=O) groups excluding carboxylic acids is 10. The smallest absolute Gasteiger partial charge is 0.333 e. The zero-order valence-electron chi connectivity index (χ0n) is 40.4. The molecule has 2 rings (SSSR count). The van der Waals surface area contributed by atoms with Gasteiger partial charge >= 0.3 is 17.9 Å². The second-order valence-corrected chi connectivity index (χ2v) is 17.1. The number of nitrogens with one attached hydrogen (secondary N) is 5. The van der Waals surface area contributed by atoms with Crippen molar-refractivity contribution in [3.63, 3.8) is 0 Å². The number of likely N-dealkylation sites (N-methyl/N-ethyl adjacent to an activating group) is 2. The normalized spacial score (nSPS) is 25.2. The summed E-state index contributed by atoms with van der Waals surface area (Å²) in [5, 5.41) is 22.9. The maximum absolute atomic E-state index is 14.9. The van der Waals surface area contributed by atoms with E-state index in [4.69, 9.17) is 18.9 Å². The number of methoxy groups -OCH3 is 1. The van der Waals surface area contributed by atoms with E-state index in [1.807, 2.05) is 0 Å². The van der Waals surface area contributed by atoms with Crippen molar-refractivity contribution in [1.29, 1.82) is 0 Å². The number of hydrogen-bond donors (Lipinski definition) is 6. The highest BCUT2D eigenvalue weighted by atomic mass is 16.6. The fourth-order valence-electron chi connectivity index (χ4n) is 6.83. The highest BCUT2D eigenvalue weighted by Crippen LogP contribution is 2.21. The number of carbonyl (C=O) groups is 10. The lowest BCUT2D eigenvalue weighted by atomic mass is 9.95. The average Bonchev–Trinajstić information content (AvgIpc) is 3.26. The van der Waals surface area contributed by atoms with Gasteiger partial charge in [-0.3, -0.25) is 33.6 Å². The number of amides is 7. The third-order valence-electron chi connectivity index (χ3n) is 11.0. The van der Waals surface area contributed by atoms with E-state index in [0.717, 1.165) is 30.7 Å². The fourth-order valence-corrected chi connectivity index (χ4v) is 6.83. The predicted molar refractivity (Wildman–Crippen MR) is 238 cm³/mol. The van der Waals surface area contributed by atoms with Crippen LogP contribution in [0.1, 0.15) is 74.8 Å². The molecule has 7 amide bonds. The number of hydrogen-bond acceptors (Lipinski definition) is 15. The molecule has 22 nitrogen and oxygen atoms in total. The molecule has 1 aliphatic heterocycles. The van der Waals surface area contributed by atoms with Gasteiger partial charge in [-0.05, 0) is 45.1 Å². The monoisotopic (exact) mass is 945 g/mol. The first-order valence-electron chi connectivity index (χ1n) is 21.7. The summed E-state index contributed by atoms with van der Waals surface area (Å²) in [7, 11) is 3.63. The molecule has 0 saturated carbocycles. The number of esters is 3. The van der Waals surface area contributed by atoms with E-state index >= 15 is 0 Å². The number of cyclic esters (lactones) is 2. The minimum atomic E-state index is -1.86. The minimum Gasteiger partial charge on any atom is -0.458 e. The molecule has 0 spiro atoms. The molecule has 1 aromatic rings. The quantitative estimate of drug-likeness (QED) is 0.0833. The van der Waals surface area contributed by atoms with E-state index in [-0.39, 0.29) is 6.42 Å². The van der Waals surface area contributed by atoms with Crippen LogP contribution in [0, 0.1) is 11.8 Å². The Morgan fingerprint density at radius 1 is 0.821 bits per heavy atom. The van der Waals surface area contributed by atoms with Crippen molar-refractivity contribution in [3.8, 4) is 0 Å². The summed E-state index contributed by atoms with van der Waals surface area (Å²) in [6.07, 6.45) is -7.71. The van der Waals surface area contributed by atoms with E-state index in [0.29, 0.717) is 5.56 Å². The fraction of sp³-hybridized carbons (Fsp3) is 0.600. The van der Waals surface area contributed by atoms with Crippen molar-refractivity contribution in [2.45, 2.75) is 142 Å². The first-order valence-corrected chi connectivity index (χ1v) is 21.7. The van der Waals surface area contributed by atoms with E-state index in [1.165, 1.54) is 41.9 Å². The number of rotatable bonds is 12. The lowest BCUT2D eigenvalue weighted by Crippen LogP contribution is -2.63. The lowest BCUT2D eigenvalue weighted by molar-refractivity contribution is -0.173. The number of ether oxygens (including phenoxy) is 4. The molecule has 0 aliphatic carbocycles. The van der Waals surface area contributed by atoms with Gasteiger partial charge in [0.2, 0.25) is 29.5 Å². The van der Waals surface area contributed by atoms with E-state index < -0.39 is 144 Å². The Morgan fingerprint density at radius 2 is 1.42 bits per heavy atom. The van der Waals surface area contributed by atoms with Crippen LogP contribution in [-0.4, -0.2) is 162 Å². The Hall–Kier alpha value is -6.42. The zero-order chi connectivity index (χ0) is 51.2. The first-order chi connectivity index (χ1) is 31.1. The van der Waals surface area contributed by atoms with Crippen LogP contribution in [-0.2, 0) is 73.3 Å². The van der Waals surface area contributed by atoms with E-state index in [2.05, 4.69) is 33.2 Å². The van der Waals surface area contributed by atoms with Gasteiger partial charge in [0.1, 0.15) is 30.3 Å². The molecule has 6 N–H and O–H groups in total. The van der Waals surface area contributed by atoms with Gasteiger partial charge in [-0.1, -0.05) is 64.6 Å². The van der Waals surface area contributed by atoms with Crippen LogP contribution >= 0.6 is 0 Å². The van der Waals surface area contributed by atoms with Gasteiger partial charge in [-0.15, -0.1) is 0 Å². The van der Waals surface area contributed by atoms with E-state index in [9.17, 15) is 53.1 Å². The molecular formula is C45H67N7O15. The summed E-state index contributed by atoms with van der Waals surface area (Å²) in [5.41, 5.74) is -0.0461. The number of aliphatic hydroxyl groups excluding tert-OH is 1. The molecule has 22 heteroatoms. The van der Waals surface area contributed by atoms with Crippen LogP contribution in [0.3, 0.4) is 0 Å². The summed E-state index contributed by atoms with van der Waals surface area (Å²) >= 11 is 0. The molecular weight excluding hydrogens is 879 g/mol. The van der Waals surface area contributed by atoms with Crippen molar-refractivity contribution >= 4 is 59.3 Å². The maximum Gasteiger partial charge on any atom is 0.333 e. The lowest BCUT2D eigenvalue weighted by Gasteiger charge is -2.38. The van der Waals surface area contributed by atoms with Crippen LogP contribution in [0.2, 0.25) is 0 Å². The first kappa shape index (κ1) is 56.7. The van der Waals surface area contributed by atoms with Crippen LogP contribution in [0.25, 0.3) is 0 Å². The Morgan fingerprint density at radius 3 is 1.94 bits per heavy atom. The maximum atomic E-state index is 14.9. The van der Waals surface area contributed by atoms with Crippen LogP contribution in [0.15, 0.2) is 42.6 Å². The highest BCUT2D eigenvalue weighted by molar-refractivity contribution is 6.01. The summed E-state index contributed by atoms with van der Waals surface area (Å²) in [6, 6.07) is -1.37. The Kier molecular flexibility index (Phi) is 21.6. The number of benzene rings is 1. The molecule has 1 saturated heterocycles. The second kappa shape index (κ2) is 25.5. The van der Waals surface area contributed by atoms with Gasteiger partial charge in [0.25, 0.3) is 11.8 Å². The van der Waals surface area contributed by atoms with Crippen molar-refractivity contribution < 1.29 is 72.0 Å². The molecule has 372 valence electrons. The SMILES string of the molecule is C=C1NC(=O)[C@@H](Cc2ccccc2)OC(=O)[C@@H](NC(C)=O)[C@@H](C)OC(=O)[C@H]([C@@H](C)OC)N(C)C(=O)[C@H]([C@H](OC(=O)[C@@H](NC(C)=O)[C@H](O)C(C)C)C(C)C)NC(=O)[C@H](C)N(C)C(=O)[C@H](C)NC1=O. The van der Waals surface area contributed by atoms with Crippen LogP contribution < -0.4 is 26.6 Å². The molecule has 0 bridgehead atoms. The average molecular weight is 946 g/mol. The largest absolute Gasteiger partial charge is 0.458 e. The number of nitrogens with zero attached hydrogens (tertiary/aromatic N) is 2. The molecule has 1 heterocycles. The predicted octanol–water partition coefficient (Wildman–Crippen LogP) is -0.991. The Bertz CT molecular complexity index is 2000. The Labute approximate surface area is 390 Å². The van der Waals surface area contributed by atoms with Crippen molar-refractivity contribution in [2.24, 2.45) is 11.8 Å². The topological polar surface area (TPSA) is 294 Å².